The molecule has 1 aromatic carbocycles. The highest BCUT2D eigenvalue weighted by molar-refractivity contribution is 5.30. The molecular formula is C24H31N. The van der Waals surface area contributed by atoms with E-state index < -0.39 is 0 Å². The van der Waals surface area contributed by atoms with Crippen molar-refractivity contribution in [1.82, 2.24) is 4.98 Å². The second kappa shape index (κ2) is 6.94. The van der Waals surface area contributed by atoms with E-state index in [0.717, 1.165) is 23.7 Å². The van der Waals surface area contributed by atoms with Gasteiger partial charge in [0.25, 0.3) is 0 Å². The van der Waals surface area contributed by atoms with Gasteiger partial charge in [0, 0.05) is 11.9 Å². The Labute approximate surface area is 152 Å². The minimum absolute atomic E-state index is 0.579. The van der Waals surface area contributed by atoms with Gasteiger partial charge in [0.1, 0.15) is 0 Å². The molecule has 25 heavy (non-hydrogen) atoms. The molecule has 0 amide bonds. The third-order valence-electron chi connectivity index (χ3n) is 6.55. The Morgan fingerprint density at radius 3 is 2.68 bits per heavy atom. The van der Waals surface area contributed by atoms with Crippen molar-refractivity contribution in [2.75, 3.05) is 0 Å². The van der Waals surface area contributed by atoms with E-state index in [1.54, 1.807) is 5.56 Å². The minimum atomic E-state index is 0.579. The highest BCUT2D eigenvalue weighted by Crippen LogP contribution is 2.53. The van der Waals surface area contributed by atoms with Crippen LogP contribution in [0.4, 0.5) is 0 Å². The third kappa shape index (κ3) is 3.66. The zero-order valence-electron chi connectivity index (χ0n) is 15.9. The fourth-order valence-corrected chi connectivity index (χ4v) is 4.86. The van der Waals surface area contributed by atoms with Crippen LogP contribution in [0.1, 0.15) is 74.3 Å². The summed E-state index contributed by atoms with van der Waals surface area (Å²) in [4.78, 5) is 4.75. The molecule has 0 aliphatic heterocycles. The van der Waals surface area contributed by atoms with Gasteiger partial charge < -0.3 is 0 Å². The lowest BCUT2D eigenvalue weighted by Gasteiger charge is -2.27. The lowest BCUT2D eigenvalue weighted by Crippen LogP contribution is -2.19. The molecule has 0 N–H and O–H groups in total. The van der Waals surface area contributed by atoms with Crippen molar-refractivity contribution < 1.29 is 0 Å². The SMILES string of the molecule is CC(C)c1cnc2c(c1)CC(CC(C)C1CC1c1ccccc1)CC2. The molecule has 1 heterocycles. The van der Waals surface area contributed by atoms with E-state index in [9.17, 15) is 0 Å². The molecule has 1 heteroatoms. The summed E-state index contributed by atoms with van der Waals surface area (Å²) in [6.07, 6.45) is 8.63. The van der Waals surface area contributed by atoms with Crippen LogP contribution >= 0.6 is 0 Å². The maximum Gasteiger partial charge on any atom is 0.0435 e. The zero-order chi connectivity index (χ0) is 17.4. The molecule has 132 valence electrons. The number of aryl methyl sites for hydroxylation is 1. The minimum Gasteiger partial charge on any atom is -0.261 e. The maximum atomic E-state index is 4.75. The molecule has 2 aromatic rings. The van der Waals surface area contributed by atoms with E-state index in [0.29, 0.717) is 5.92 Å². The molecule has 0 radical (unpaired) electrons. The highest BCUT2D eigenvalue weighted by atomic mass is 14.7. The van der Waals surface area contributed by atoms with Crippen LogP contribution in [0.5, 0.6) is 0 Å². The van der Waals surface area contributed by atoms with Gasteiger partial charge in [-0.05, 0) is 78.4 Å². The standard InChI is InChI=1S/C24H31N/c1-16(2)21-13-20-12-18(9-10-24(20)25-15-21)11-17(3)22-14-23(22)19-7-5-4-6-8-19/h4-8,13,15-18,22-23H,9-12,14H2,1-3H3. The van der Waals surface area contributed by atoms with E-state index in [1.807, 2.05) is 0 Å². The largest absolute Gasteiger partial charge is 0.261 e. The zero-order valence-corrected chi connectivity index (χ0v) is 15.9. The van der Waals surface area contributed by atoms with E-state index in [4.69, 9.17) is 4.98 Å². The van der Waals surface area contributed by atoms with Gasteiger partial charge in [0.05, 0.1) is 0 Å². The average Bonchev–Trinajstić information content (AvgIpc) is 3.43. The molecular weight excluding hydrogens is 302 g/mol. The normalized spacial score (nSPS) is 26.3. The third-order valence-corrected chi connectivity index (χ3v) is 6.55. The molecule has 1 saturated carbocycles. The maximum absolute atomic E-state index is 4.75. The summed E-state index contributed by atoms with van der Waals surface area (Å²) in [6, 6.07) is 13.6. The number of nitrogens with zero attached hydrogens (tertiary/aromatic N) is 1. The second-order valence-electron chi connectivity index (χ2n) is 8.77. The van der Waals surface area contributed by atoms with Crippen LogP contribution in [-0.2, 0) is 12.8 Å². The van der Waals surface area contributed by atoms with Crippen LogP contribution in [-0.4, -0.2) is 4.98 Å². The fourth-order valence-electron chi connectivity index (χ4n) is 4.86. The van der Waals surface area contributed by atoms with Crippen molar-refractivity contribution in [2.24, 2.45) is 17.8 Å². The second-order valence-corrected chi connectivity index (χ2v) is 8.77. The smallest absolute Gasteiger partial charge is 0.0435 e. The number of hydrogen-bond donors (Lipinski definition) is 0. The Hall–Kier alpha value is -1.63. The molecule has 4 unspecified atom stereocenters. The van der Waals surface area contributed by atoms with E-state index in [-0.39, 0.29) is 0 Å². The number of pyridine rings is 1. The van der Waals surface area contributed by atoms with Crippen LogP contribution in [0, 0.1) is 17.8 Å². The van der Waals surface area contributed by atoms with Crippen molar-refractivity contribution >= 4 is 0 Å². The van der Waals surface area contributed by atoms with E-state index in [2.05, 4.69) is 63.4 Å². The monoisotopic (exact) mass is 333 g/mol. The first-order valence-electron chi connectivity index (χ1n) is 10.1. The first-order valence-corrected chi connectivity index (χ1v) is 10.1. The molecule has 4 rings (SSSR count). The Morgan fingerprint density at radius 1 is 1.12 bits per heavy atom. The molecule has 0 bridgehead atoms. The van der Waals surface area contributed by atoms with Crippen molar-refractivity contribution in [2.45, 2.75) is 64.7 Å². The highest BCUT2D eigenvalue weighted by Gasteiger charge is 2.42. The van der Waals surface area contributed by atoms with Gasteiger partial charge in [-0.15, -0.1) is 0 Å². The predicted octanol–water partition coefficient (Wildman–Crippen LogP) is 6.14. The quantitative estimate of drug-likeness (QED) is 0.640. The lowest BCUT2D eigenvalue weighted by molar-refractivity contribution is 0.326. The van der Waals surface area contributed by atoms with Crippen LogP contribution in [0.2, 0.25) is 0 Å². The van der Waals surface area contributed by atoms with Crippen LogP contribution < -0.4 is 0 Å². The molecule has 2 aliphatic rings. The Balaban J connectivity index is 1.37. The number of benzene rings is 1. The van der Waals surface area contributed by atoms with Crippen molar-refractivity contribution in [3.8, 4) is 0 Å². The average molecular weight is 334 g/mol. The molecule has 1 fully saturated rings. The van der Waals surface area contributed by atoms with Gasteiger partial charge in [-0.3, -0.25) is 4.98 Å². The van der Waals surface area contributed by atoms with Crippen molar-refractivity contribution in [3.05, 3.63) is 65.0 Å². The fraction of sp³-hybridized carbons (Fsp3) is 0.542. The van der Waals surface area contributed by atoms with Gasteiger partial charge in [0.2, 0.25) is 0 Å². The molecule has 4 atom stereocenters. The Kier molecular flexibility index (Phi) is 4.67. The summed E-state index contributed by atoms with van der Waals surface area (Å²) in [5, 5.41) is 0. The molecule has 0 spiro atoms. The molecule has 1 aromatic heterocycles. The van der Waals surface area contributed by atoms with Gasteiger partial charge >= 0.3 is 0 Å². The van der Waals surface area contributed by atoms with Gasteiger partial charge in [-0.2, -0.15) is 0 Å². The van der Waals surface area contributed by atoms with Crippen molar-refractivity contribution in [3.63, 3.8) is 0 Å². The molecule has 1 nitrogen and oxygen atoms in total. The van der Waals surface area contributed by atoms with Crippen LogP contribution in [0.25, 0.3) is 0 Å². The summed E-state index contributed by atoms with van der Waals surface area (Å²) >= 11 is 0. The van der Waals surface area contributed by atoms with E-state index in [1.165, 1.54) is 48.9 Å². The molecule has 2 aliphatic carbocycles. The van der Waals surface area contributed by atoms with Crippen LogP contribution in [0.3, 0.4) is 0 Å². The first kappa shape index (κ1) is 16.8. The topological polar surface area (TPSA) is 12.9 Å². The Bertz CT molecular complexity index is 718. The Morgan fingerprint density at radius 2 is 1.92 bits per heavy atom. The summed E-state index contributed by atoms with van der Waals surface area (Å²) < 4.78 is 0. The predicted molar refractivity (Wildman–Crippen MR) is 105 cm³/mol. The van der Waals surface area contributed by atoms with Gasteiger partial charge in [-0.25, -0.2) is 0 Å². The molecule has 0 saturated heterocycles. The number of aromatic nitrogens is 1. The van der Waals surface area contributed by atoms with Crippen molar-refractivity contribution in [1.29, 1.82) is 0 Å². The lowest BCUT2D eigenvalue weighted by atomic mass is 9.79. The summed E-state index contributed by atoms with van der Waals surface area (Å²) in [5.41, 5.74) is 5.85. The number of rotatable bonds is 5. The number of fused-ring (bicyclic) bond motifs is 1. The summed E-state index contributed by atoms with van der Waals surface area (Å²) in [7, 11) is 0. The van der Waals surface area contributed by atoms with Crippen LogP contribution in [0.15, 0.2) is 42.6 Å². The van der Waals surface area contributed by atoms with E-state index >= 15 is 0 Å². The van der Waals surface area contributed by atoms with Gasteiger partial charge in [0.15, 0.2) is 0 Å². The summed E-state index contributed by atoms with van der Waals surface area (Å²) in [5.74, 6) is 4.00. The van der Waals surface area contributed by atoms with Gasteiger partial charge in [-0.1, -0.05) is 57.2 Å². The summed E-state index contributed by atoms with van der Waals surface area (Å²) in [6.45, 7) is 7.02. The first-order chi connectivity index (χ1) is 12.1. The number of hydrogen-bond acceptors (Lipinski definition) is 1.